The number of nitrogens with zero attached hydrogens (tertiary/aromatic N) is 2. The van der Waals surface area contributed by atoms with Crippen molar-refractivity contribution in [2.24, 2.45) is 0 Å². The summed E-state index contributed by atoms with van der Waals surface area (Å²) in [5, 5.41) is 1.06. The van der Waals surface area contributed by atoms with Gasteiger partial charge in [0.1, 0.15) is 0 Å². The lowest BCUT2D eigenvalue weighted by Crippen LogP contribution is -2.31. The first-order chi connectivity index (χ1) is 20.8. The Hall–Kier alpha value is -4.99. The third-order valence-electron chi connectivity index (χ3n) is 8.76. The van der Waals surface area contributed by atoms with Gasteiger partial charge in [0, 0.05) is 26.3 Å². The van der Waals surface area contributed by atoms with E-state index in [4.69, 9.17) is 9.97 Å². The minimum Gasteiger partial charge on any atom is -0.228 e. The van der Waals surface area contributed by atoms with Crippen LogP contribution in [0, 0.1) is 0 Å². The minimum atomic E-state index is -0.417. The predicted octanol–water partition coefficient (Wildman–Crippen LogP) is 9.79. The Bertz CT molecular complexity index is 2140. The topological polar surface area (TPSA) is 25.8 Å². The highest BCUT2D eigenvalue weighted by molar-refractivity contribution is 7.99. The molecule has 0 amide bonds. The number of para-hydroxylation sites is 1. The SMILES string of the molecule is c1ccc(-c2nc(-c3cccc4c3-c3ccccc3C43c4ccccc4Sc4ccccc43)nc3ccccc23)cc1. The van der Waals surface area contributed by atoms with Gasteiger partial charge >= 0.3 is 0 Å². The Labute approximate surface area is 248 Å². The lowest BCUT2D eigenvalue weighted by Gasteiger charge is -2.39. The number of rotatable bonds is 2. The van der Waals surface area contributed by atoms with Gasteiger partial charge in [-0.15, -0.1) is 0 Å². The van der Waals surface area contributed by atoms with E-state index in [-0.39, 0.29) is 0 Å². The zero-order valence-corrected chi connectivity index (χ0v) is 23.5. The third-order valence-corrected chi connectivity index (χ3v) is 9.91. The first-order valence-corrected chi connectivity index (χ1v) is 15.1. The smallest absolute Gasteiger partial charge is 0.161 e. The van der Waals surface area contributed by atoms with Crippen LogP contribution in [0.2, 0.25) is 0 Å². The highest BCUT2D eigenvalue weighted by Gasteiger charge is 2.50. The van der Waals surface area contributed by atoms with Crippen molar-refractivity contribution in [2.75, 3.05) is 0 Å². The standard InChI is InChI=1S/C39H24N2S/c1-2-13-25(14-3-1)37-27-16-5-9-22-33(27)40-38(41-37)28-17-12-21-32-36(28)26-15-4-6-18-29(26)39(32)30-19-7-10-23-34(30)42-35-24-11-8-20-31(35)39/h1-24H. The molecule has 0 saturated carbocycles. The molecule has 6 aromatic carbocycles. The summed E-state index contributed by atoms with van der Waals surface area (Å²) in [5.74, 6) is 0.753. The first kappa shape index (κ1) is 23.7. The molecule has 0 bridgehead atoms. The van der Waals surface area contributed by atoms with E-state index >= 15 is 0 Å². The molecule has 9 rings (SSSR count). The molecule has 1 spiro atoms. The van der Waals surface area contributed by atoms with Crippen LogP contribution < -0.4 is 0 Å². The summed E-state index contributed by atoms with van der Waals surface area (Å²) in [4.78, 5) is 13.1. The summed E-state index contributed by atoms with van der Waals surface area (Å²) in [5.41, 5.74) is 11.4. The van der Waals surface area contributed by atoms with E-state index in [1.807, 2.05) is 17.8 Å². The van der Waals surface area contributed by atoms with Crippen molar-refractivity contribution in [2.45, 2.75) is 15.2 Å². The van der Waals surface area contributed by atoms with Crippen LogP contribution in [0.25, 0.3) is 44.7 Å². The molecule has 2 nitrogen and oxygen atoms in total. The average molecular weight is 553 g/mol. The predicted molar refractivity (Wildman–Crippen MR) is 172 cm³/mol. The Morgan fingerprint density at radius 3 is 1.83 bits per heavy atom. The number of hydrogen-bond donors (Lipinski definition) is 0. The van der Waals surface area contributed by atoms with Crippen LogP contribution in [-0.4, -0.2) is 9.97 Å². The average Bonchev–Trinajstić information content (AvgIpc) is 3.36. The Morgan fingerprint density at radius 1 is 0.452 bits per heavy atom. The summed E-state index contributed by atoms with van der Waals surface area (Å²) >= 11 is 1.87. The number of benzene rings is 6. The van der Waals surface area contributed by atoms with Crippen LogP contribution in [0.3, 0.4) is 0 Å². The highest BCUT2D eigenvalue weighted by atomic mass is 32.2. The summed E-state index contributed by atoms with van der Waals surface area (Å²) in [7, 11) is 0. The van der Waals surface area contributed by atoms with E-state index < -0.39 is 5.41 Å². The van der Waals surface area contributed by atoms with Gasteiger partial charge < -0.3 is 0 Å². The zero-order chi connectivity index (χ0) is 27.7. The Morgan fingerprint density at radius 2 is 1.05 bits per heavy atom. The molecule has 196 valence electrons. The van der Waals surface area contributed by atoms with E-state index in [2.05, 4.69) is 140 Å². The quantitative estimate of drug-likeness (QED) is 0.213. The number of hydrogen-bond acceptors (Lipinski definition) is 3. The van der Waals surface area contributed by atoms with Crippen molar-refractivity contribution >= 4 is 22.7 Å². The highest BCUT2D eigenvalue weighted by Crippen LogP contribution is 2.63. The third kappa shape index (κ3) is 3.17. The molecule has 0 atom stereocenters. The molecule has 2 aliphatic rings. The molecular weight excluding hydrogens is 529 g/mol. The first-order valence-electron chi connectivity index (χ1n) is 14.3. The maximum atomic E-state index is 5.30. The second-order valence-corrected chi connectivity index (χ2v) is 12.0. The lowest BCUT2D eigenvalue weighted by molar-refractivity contribution is 0.722. The van der Waals surface area contributed by atoms with Gasteiger partial charge in [-0.3, -0.25) is 0 Å². The summed E-state index contributed by atoms with van der Waals surface area (Å²) in [6, 6.07) is 52.3. The minimum absolute atomic E-state index is 0.417. The molecule has 0 N–H and O–H groups in total. The molecule has 0 unspecified atom stereocenters. The maximum Gasteiger partial charge on any atom is 0.161 e. The summed E-state index contributed by atoms with van der Waals surface area (Å²) in [6.07, 6.45) is 0. The van der Waals surface area contributed by atoms with Crippen molar-refractivity contribution in [1.29, 1.82) is 0 Å². The van der Waals surface area contributed by atoms with E-state index in [1.165, 1.54) is 43.2 Å². The van der Waals surface area contributed by atoms with Crippen molar-refractivity contribution in [3.8, 4) is 33.8 Å². The second-order valence-electron chi connectivity index (χ2n) is 10.9. The summed E-state index contributed by atoms with van der Waals surface area (Å²) in [6.45, 7) is 0. The molecule has 0 radical (unpaired) electrons. The van der Waals surface area contributed by atoms with Gasteiger partial charge in [0.25, 0.3) is 0 Å². The lowest BCUT2D eigenvalue weighted by atomic mass is 9.67. The van der Waals surface area contributed by atoms with Crippen molar-refractivity contribution in [3.63, 3.8) is 0 Å². The fraction of sp³-hybridized carbons (Fsp3) is 0.0256. The van der Waals surface area contributed by atoms with Crippen LogP contribution in [0.5, 0.6) is 0 Å². The molecule has 1 aliphatic carbocycles. The monoisotopic (exact) mass is 552 g/mol. The largest absolute Gasteiger partial charge is 0.228 e. The molecule has 2 heterocycles. The molecular formula is C39H24N2S. The molecule has 1 aromatic heterocycles. The van der Waals surface area contributed by atoms with Crippen molar-refractivity contribution < 1.29 is 0 Å². The second kappa shape index (κ2) is 9.01. The van der Waals surface area contributed by atoms with Crippen LogP contribution >= 0.6 is 11.8 Å². The van der Waals surface area contributed by atoms with Gasteiger partial charge in [-0.2, -0.15) is 0 Å². The van der Waals surface area contributed by atoms with Crippen LogP contribution in [0.15, 0.2) is 155 Å². The Kier molecular flexibility index (Phi) is 5.08. The van der Waals surface area contributed by atoms with Gasteiger partial charge in [-0.05, 0) is 51.6 Å². The van der Waals surface area contributed by atoms with Gasteiger partial charge in [0.15, 0.2) is 5.82 Å². The molecule has 1 aliphatic heterocycles. The van der Waals surface area contributed by atoms with Crippen molar-refractivity contribution in [3.05, 3.63) is 168 Å². The molecule has 42 heavy (non-hydrogen) atoms. The molecule has 0 saturated heterocycles. The fourth-order valence-electron chi connectivity index (χ4n) is 7.10. The normalized spacial score (nSPS) is 13.8. The zero-order valence-electron chi connectivity index (χ0n) is 22.7. The van der Waals surface area contributed by atoms with E-state index in [0.29, 0.717) is 0 Å². The fourth-order valence-corrected chi connectivity index (χ4v) is 8.29. The van der Waals surface area contributed by atoms with Gasteiger partial charge in [-0.25, -0.2) is 9.97 Å². The Balaban J connectivity index is 1.40. The molecule has 7 aromatic rings. The number of fused-ring (bicyclic) bond motifs is 10. The van der Waals surface area contributed by atoms with Crippen LogP contribution in [0.4, 0.5) is 0 Å². The van der Waals surface area contributed by atoms with Gasteiger partial charge in [-0.1, -0.05) is 139 Å². The molecule has 0 fully saturated rings. The van der Waals surface area contributed by atoms with E-state index in [1.54, 1.807) is 0 Å². The van der Waals surface area contributed by atoms with E-state index in [0.717, 1.165) is 33.5 Å². The van der Waals surface area contributed by atoms with Gasteiger partial charge in [0.2, 0.25) is 0 Å². The van der Waals surface area contributed by atoms with Crippen molar-refractivity contribution in [1.82, 2.24) is 9.97 Å². The van der Waals surface area contributed by atoms with Gasteiger partial charge in [0.05, 0.1) is 16.6 Å². The van der Waals surface area contributed by atoms with E-state index in [9.17, 15) is 0 Å². The number of aromatic nitrogens is 2. The summed E-state index contributed by atoms with van der Waals surface area (Å²) < 4.78 is 0. The molecule has 3 heteroatoms. The van der Waals surface area contributed by atoms with Crippen LogP contribution in [0.1, 0.15) is 22.3 Å². The van der Waals surface area contributed by atoms with Crippen LogP contribution in [-0.2, 0) is 5.41 Å². The maximum absolute atomic E-state index is 5.30.